The van der Waals surface area contributed by atoms with E-state index in [9.17, 15) is 0 Å². The Balaban J connectivity index is 1.86. The van der Waals surface area contributed by atoms with Gasteiger partial charge in [0.15, 0.2) is 0 Å². The molecule has 0 radical (unpaired) electrons. The van der Waals surface area contributed by atoms with Gasteiger partial charge in [-0.05, 0) is 57.6 Å². The number of benzene rings is 1. The van der Waals surface area contributed by atoms with Crippen molar-refractivity contribution >= 4 is 37.4 Å². The smallest absolute Gasteiger partial charge is 0.0594 e. The molecule has 1 saturated heterocycles. The number of hydrogen-bond donors (Lipinski definition) is 1. The lowest BCUT2D eigenvalue weighted by atomic mass is 10.00. The summed E-state index contributed by atoms with van der Waals surface area (Å²) in [7, 11) is 0. The number of rotatable bonds is 3. The molecule has 2 heterocycles. The first-order valence-corrected chi connectivity index (χ1v) is 7.96. The van der Waals surface area contributed by atoms with E-state index in [1.54, 1.807) is 11.3 Å². The largest absolute Gasteiger partial charge is 0.378 e. The van der Waals surface area contributed by atoms with Crippen LogP contribution >= 0.6 is 27.3 Å². The zero-order valence-electron chi connectivity index (χ0n) is 10.1. The molecule has 0 bridgehead atoms. The Hall–Kier alpha value is -0.420. The Kier molecular flexibility index (Phi) is 3.71. The lowest BCUT2D eigenvalue weighted by Crippen LogP contribution is -2.17. The molecule has 2 atom stereocenters. The normalized spacial score (nSPS) is 21.6. The van der Waals surface area contributed by atoms with Gasteiger partial charge in [-0.1, -0.05) is 12.1 Å². The average molecular weight is 326 g/mol. The summed E-state index contributed by atoms with van der Waals surface area (Å²) >= 11 is 5.35. The standard InChI is InChI=1S/C14H16BrNOS/c15-12-5-1-4-10-11(8-18-14(10)12)13(16)7-9-3-2-6-17-9/h1,4-5,8-9,13H,2-3,6-7,16H2. The maximum Gasteiger partial charge on any atom is 0.0594 e. The average Bonchev–Trinajstić information content (AvgIpc) is 2.98. The predicted molar refractivity (Wildman–Crippen MR) is 80.0 cm³/mol. The summed E-state index contributed by atoms with van der Waals surface area (Å²) in [5.41, 5.74) is 7.60. The van der Waals surface area contributed by atoms with Crippen molar-refractivity contribution in [1.82, 2.24) is 0 Å². The van der Waals surface area contributed by atoms with Gasteiger partial charge in [-0.2, -0.15) is 0 Å². The van der Waals surface area contributed by atoms with E-state index in [4.69, 9.17) is 10.5 Å². The quantitative estimate of drug-likeness (QED) is 0.916. The van der Waals surface area contributed by atoms with Crippen LogP contribution < -0.4 is 5.73 Å². The highest BCUT2D eigenvalue weighted by Crippen LogP contribution is 2.36. The molecular weight excluding hydrogens is 310 g/mol. The molecular formula is C14H16BrNOS. The Morgan fingerprint density at radius 2 is 2.39 bits per heavy atom. The third kappa shape index (κ3) is 2.35. The van der Waals surface area contributed by atoms with E-state index in [0.29, 0.717) is 6.10 Å². The number of halogens is 1. The summed E-state index contributed by atoms with van der Waals surface area (Å²) in [6.07, 6.45) is 3.60. The fraction of sp³-hybridized carbons (Fsp3) is 0.429. The molecule has 0 saturated carbocycles. The summed E-state index contributed by atoms with van der Waals surface area (Å²) in [6.45, 7) is 0.896. The molecule has 0 aliphatic carbocycles. The molecule has 2 N–H and O–H groups in total. The van der Waals surface area contributed by atoms with Gasteiger partial charge in [-0.15, -0.1) is 11.3 Å². The van der Waals surface area contributed by atoms with Crippen molar-refractivity contribution in [3.8, 4) is 0 Å². The van der Waals surface area contributed by atoms with Crippen LogP contribution in [0.15, 0.2) is 28.1 Å². The van der Waals surface area contributed by atoms with E-state index in [0.717, 1.165) is 23.9 Å². The van der Waals surface area contributed by atoms with Crippen molar-refractivity contribution in [3.05, 3.63) is 33.6 Å². The van der Waals surface area contributed by atoms with Gasteiger partial charge in [0, 0.05) is 21.8 Å². The number of ether oxygens (including phenoxy) is 1. The van der Waals surface area contributed by atoms with Crippen molar-refractivity contribution in [2.24, 2.45) is 5.73 Å². The van der Waals surface area contributed by atoms with Crippen LogP contribution in [0.1, 0.15) is 30.9 Å². The summed E-state index contributed by atoms with van der Waals surface area (Å²) in [6, 6.07) is 6.38. The zero-order chi connectivity index (χ0) is 12.5. The van der Waals surface area contributed by atoms with Crippen LogP contribution in [0.25, 0.3) is 10.1 Å². The van der Waals surface area contributed by atoms with Crippen LogP contribution in [0.4, 0.5) is 0 Å². The van der Waals surface area contributed by atoms with E-state index >= 15 is 0 Å². The SMILES string of the molecule is NC(CC1CCCO1)c1csc2c(Br)cccc12. The summed E-state index contributed by atoms with van der Waals surface area (Å²) < 4.78 is 8.11. The highest BCUT2D eigenvalue weighted by molar-refractivity contribution is 9.10. The van der Waals surface area contributed by atoms with Gasteiger partial charge in [-0.3, -0.25) is 0 Å². The second kappa shape index (κ2) is 5.29. The van der Waals surface area contributed by atoms with Gasteiger partial charge >= 0.3 is 0 Å². The Labute approximate surface area is 119 Å². The van der Waals surface area contributed by atoms with Crippen molar-refractivity contribution in [3.63, 3.8) is 0 Å². The van der Waals surface area contributed by atoms with Crippen molar-refractivity contribution in [2.75, 3.05) is 6.61 Å². The highest BCUT2D eigenvalue weighted by atomic mass is 79.9. The third-order valence-electron chi connectivity index (χ3n) is 3.52. The van der Waals surface area contributed by atoms with Crippen LogP contribution in [0.3, 0.4) is 0 Å². The van der Waals surface area contributed by atoms with E-state index in [2.05, 4.69) is 39.5 Å². The zero-order valence-corrected chi connectivity index (χ0v) is 12.5. The van der Waals surface area contributed by atoms with E-state index in [1.165, 1.54) is 22.1 Å². The van der Waals surface area contributed by atoms with Gasteiger partial charge in [0.1, 0.15) is 0 Å². The van der Waals surface area contributed by atoms with Crippen LogP contribution in [-0.4, -0.2) is 12.7 Å². The van der Waals surface area contributed by atoms with Crippen molar-refractivity contribution < 1.29 is 4.74 Å². The van der Waals surface area contributed by atoms with E-state index in [1.807, 2.05) is 0 Å². The minimum absolute atomic E-state index is 0.0798. The Bertz CT molecular complexity index is 548. The molecule has 2 unspecified atom stereocenters. The number of thiophene rings is 1. The second-order valence-corrected chi connectivity index (χ2v) is 6.52. The Morgan fingerprint density at radius 1 is 1.50 bits per heavy atom. The van der Waals surface area contributed by atoms with Gasteiger partial charge < -0.3 is 10.5 Å². The molecule has 2 aromatic rings. The van der Waals surface area contributed by atoms with E-state index in [-0.39, 0.29) is 6.04 Å². The molecule has 0 spiro atoms. The predicted octanol–water partition coefficient (Wildman–Crippen LogP) is 4.23. The van der Waals surface area contributed by atoms with Gasteiger partial charge in [0.2, 0.25) is 0 Å². The lowest BCUT2D eigenvalue weighted by molar-refractivity contribution is 0.0985. The Morgan fingerprint density at radius 3 is 3.17 bits per heavy atom. The molecule has 0 amide bonds. The van der Waals surface area contributed by atoms with Gasteiger partial charge in [0.05, 0.1) is 6.10 Å². The second-order valence-electron chi connectivity index (χ2n) is 4.78. The minimum Gasteiger partial charge on any atom is -0.378 e. The number of hydrogen-bond acceptors (Lipinski definition) is 3. The third-order valence-corrected chi connectivity index (χ3v) is 5.49. The summed E-state index contributed by atoms with van der Waals surface area (Å²) in [5.74, 6) is 0. The fourth-order valence-electron chi connectivity index (χ4n) is 2.57. The molecule has 2 nitrogen and oxygen atoms in total. The maximum atomic E-state index is 6.35. The van der Waals surface area contributed by atoms with Crippen LogP contribution in [0.5, 0.6) is 0 Å². The fourth-order valence-corrected chi connectivity index (χ4v) is 4.26. The van der Waals surface area contributed by atoms with Crippen LogP contribution in [-0.2, 0) is 4.74 Å². The number of nitrogens with two attached hydrogens (primary N) is 1. The summed E-state index contributed by atoms with van der Waals surface area (Å²) in [5, 5.41) is 3.47. The molecule has 18 heavy (non-hydrogen) atoms. The summed E-state index contributed by atoms with van der Waals surface area (Å²) in [4.78, 5) is 0. The van der Waals surface area contributed by atoms with Gasteiger partial charge in [-0.25, -0.2) is 0 Å². The molecule has 1 aliphatic rings. The maximum absolute atomic E-state index is 6.35. The van der Waals surface area contributed by atoms with E-state index < -0.39 is 0 Å². The van der Waals surface area contributed by atoms with Crippen LogP contribution in [0, 0.1) is 0 Å². The molecule has 1 aromatic heterocycles. The molecule has 1 aliphatic heterocycles. The highest BCUT2D eigenvalue weighted by Gasteiger charge is 2.21. The first kappa shape index (κ1) is 12.6. The first-order chi connectivity index (χ1) is 8.75. The van der Waals surface area contributed by atoms with Gasteiger partial charge in [0.25, 0.3) is 0 Å². The molecule has 1 fully saturated rings. The first-order valence-electron chi connectivity index (χ1n) is 6.28. The molecule has 96 valence electrons. The number of fused-ring (bicyclic) bond motifs is 1. The topological polar surface area (TPSA) is 35.2 Å². The van der Waals surface area contributed by atoms with Crippen molar-refractivity contribution in [2.45, 2.75) is 31.4 Å². The lowest BCUT2D eigenvalue weighted by Gasteiger charge is -2.15. The van der Waals surface area contributed by atoms with Crippen LogP contribution in [0.2, 0.25) is 0 Å². The molecule has 1 aromatic carbocycles. The van der Waals surface area contributed by atoms with Crippen molar-refractivity contribution in [1.29, 1.82) is 0 Å². The minimum atomic E-state index is 0.0798. The monoisotopic (exact) mass is 325 g/mol. The molecule has 3 rings (SSSR count). The molecule has 4 heteroatoms.